The van der Waals surface area contributed by atoms with Gasteiger partial charge in [0.05, 0.1) is 23.4 Å². The number of rotatable bonds is 6. The van der Waals surface area contributed by atoms with Crippen molar-refractivity contribution in [3.05, 3.63) is 47.0 Å². The van der Waals surface area contributed by atoms with Crippen LogP contribution in [0.5, 0.6) is 11.5 Å². The summed E-state index contributed by atoms with van der Waals surface area (Å²) in [7, 11) is -3.38. The van der Waals surface area contributed by atoms with E-state index in [-0.39, 0.29) is 11.4 Å². The van der Waals surface area contributed by atoms with Crippen LogP contribution in [0.2, 0.25) is 5.02 Å². The van der Waals surface area contributed by atoms with Crippen molar-refractivity contribution in [2.45, 2.75) is 17.7 Å². The van der Waals surface area contributed by atoms with Crippen molar-refractivity contribution < 1.29 is 39.8 Å². The van der Waals surface area contributed by atoms with Crippen LogP contribution < -0.4 is 14.2 Å². The summed E-state index contributed by atoms with van der Waals surface area (Å²) in [4.78, 5) is -0.828. The highest BCUT2D eigenvalue weighted by atomic mass is 35.5. The van der Waals surface area contributed by atoms with Crippen molar-refractivity contribution in [1.29, 1.82) is 0 Å². The Bertz CT molecular complexity index is 934. The van der Waals surface area contributed by atoms with E-state index in [1.807, 2.05) is 4.72 Å². The predicted octanol–water partition coefficient (Wildman–Crippen LogP) is 4.77. The number of ether oxygens (including phenoxy) is 2. The first-order valence-corrected chi connectivity index (χ1v) is 8.82. The molecule has 12 heteroatoms. The molecule has 0 fully saturated rings. The second-order valence-electron chi connectivity index (χ2n) is 4.99. The van der Waals surface area contributed by atoms with Crippen molar-refractivity contribution in [2.75, 3.05) is 11.8 Å². The third-order valence-corrected chi connectivity index (χ3v) is 5.04. The molecular weight excluding hydrogens is 421 g/mol. The van der Waals surface area contributed by atoms with Crippen LogP contribution in [0.4, 0.5) is 27.6 Å². The fourth-order valence-electron chi connectivity index (χ4n) is 2.02. The van der Waals surface area contributed by atoms with Crippen LogP contribution in [-0.2, 0) is 16.2 Å². The Labute approximate surface area is 155 Å². The van der Waals surface area contributed by atoms with Crippen LogP contribution in [0.3, 0.4) is 0 Å². The molecule has 0 amide bonds. The fourth-order valence-corrected chi connectivity index (χ4v) is 3.60. The zero-order valence-electron chi connectivity index (χ0n) is 13.4. The molecule has 0 radical (unpaired) electrons. The molecule has 0 saturated carbocycles. The molecule has 2 aromatic carbocycles. The van der Waals surface area contributed by atoms with Gasteiger partial charge in [-0.1, -0.05) is 11.6 Å². The zero-order chi connectivity index (χ0) is 20.4. The second-order valence-corrected chi connectivity index (χ2v) is 7.05. The van der Waals surface area contributed by atoms with E-state index in [0.29, 0.717) is 12.1 Å². The molecule has 0 atom stereocenters. The van der Waals surface area contributed by atoms with E-state index < -0.39 is 44.0 Å². The van der Waals surface area contributed by atoms with E-state index in [9.17, 15) is 30.4 Å². The van der Waals surface area contributed by atoms with Gasteiger partial charge in [0.15, 0.2) is 11.5 Å². The standard InChI is InChI=1S/C15H11ClF5NO4S/c1-25-11-5-3-9(7-12(11)26-14(17)18)22-27(23,24)13-6-8(15(19,20)21)2-4-10(13)16/h2-7,14,22H,1H3. The number of anilines is 1. The summed E-state index contributed by atoms with van der Waals surface area (Å²) in [6, 6.07) is 4.97. The molecule has 0 aliphatic rings. The van der Waals surface area contributed by atoms with Gasteiger partial charge < -0.3 is 9.47 Å². The molecule has 27 heavy (non-hydrogen) atoms. The Morgan fingerprint density at radius 3 is 2.30 bits per heavy atom. The first-order chi connectivity index (χ1) is 12.4. The first kappa shape index (κ1) is 21.0. The quantitative estimate of drug-likeness (QED) is 0.669. The van der Waals surface area contributed by atoms with E-state index >= 15 is 0 Å². The summed E-state index contributed by atoms with van der Waals surface area (Å²) >= 11 is 5.71. The average Bonchev–Trinajstić information content (AvgIpc) is 2.53. The van der Waals surface area contributed by atoms with Crippen molar-refractivity contribution >= 4 is 27.3 Å². The van der Waals surface area contributed by atoms with Crippen molar-refractivity contribution in [3.63, 3.8) is 0 Å². The highest BCUT2D eigenvalue weighted by molar-refractivity contribution is 7.92. The zero-order valence-corrected chi connectivity index (χ0v) is 14.9. The summed E-state index contributed by atoms with van der Waals surface area (Å²) < 4.78 is 99.1. The molecule has 1 N–H and O–H groups in total. The van der Waals surface area contributed by atoms with Crippen molar-refractivity contribution in [1.82, 2.24) is 0 Å². The third kappa shape index (κ3) is 5.13. The van der Waals surface area contributed by atoms with Crippen molar-refractivity contribution in [2.24, 2.45) is 0 Å². The lowest BCUT2D eigenvalue weighted by Crippen LogP contribution is -2.15. The maximum atomic E-state index is 12.8. The number of hydrogen-bond donors (Lipinski definition) is 1. The minimum atomic E-state index is -4.78. The first-order valence-electron chi connectivity index (χ1n) is 6.96. The van der Waals surface area contributed by atoms with Gasteiger partial charge in [-0.2, -0.15) is 22.0 Å². The van der Waals surface area contributed by atoms with Gasteiger partial charge >= 0.3 is 12.8 Å². The van der Waals surface area contributed by atoms with Gasteiger partial charge in [0.2, 0.25) is 0 Å². The second kappa shape index (κ2) is 7.77. The molecule has 0 saturated heterocycles. The lowest BCUT2D eigenvalue weighted by atomic mass is 10.2. The van der Waals surface area contributed by atoms with Gasteiger partial charge in [-0.25, -0.2) is 8.42 Å². The van der Waals surface area contributed by atoms with Gasteiger partial charge in [0, 0.05) is 6.07 Å². The molecule has 0 spiro atoms. The van der Waals surface area contributed by atoms with Crippen LogP contribution in [0.1, 0.15) is 5.56 Å². The molecule has 0 aliphatic carbocycles. The number of hydrogen-bond acceptors (Lipinski definition) is 4. The minimum Gasteiger partial charge on any atom is -0.493 e. The molecule has 0 heterocycles. The molecule has 2 rings (SSSR count). The Balaban J connectivity index is 2.42. The molecule has 148 valence electrons. The van der Waals surface area contributed by atoms with Crippen LogP contribution >= 0.6 is 11.6 Å². The fraction of sp³-hybridized carbons (Fsp3) is 0.200. The number of methoxy groups -OCH3 is 1. The third-order valence-electron chi connectivity index (χ3n) is 3.18. The monoisotopic (exact) mass is 431 g/mol. The van der Waals surface area contributed by atoms with Crippen LogP contribution in [0.15, 0.2) is 41.3 Å². The lowest BCUT2D eigenvalue weighted by Gasteiger charge is -2.14. The minimum absolute atomic E-state index is 0.102. The summed E-state index contributed by atoms with van der Waals surface area (Å²) in [5, 5.41) is -0.451. The molecule has 0 unspecified atom stereocenters. The topological polar surface area (TPSA) is 64.6 Å². The molecule has 0 aliphatic heterocycles. The van der Waals surface area contributed by atoms with Gasteiger partial charge in [-0.05, 0) is 30.3 Å². The van der Waals surface area contributed by atoms with Crippen LogP contribution in [0.25, 0.3) is 0 Å². The largest absolute Gasteiger partial charge is 0.493 e. The maximum absolute atomic E-state index is 12.8. The number of sulfonamides is 1. The Kier molecular flexibility index (Phi) is 6.05. The molecule has 5 nitrogen and oxygen atoms in total. The van der Waals surface area contributed by atoms with Gasteiger partial charge in [-0.15, -0.1) is 0 Å². The number of nitrogens with one attached hydrogen (secondary N) is 1. The van der Waals surface area contributed by atoms with Gasteiger partial charge in [0.1, 0.15) is 4.90 Å². The molecule has 0 aromatic heterocycles. The SMILES string of the molecule is COc1ccc(NS(=O)(=O)c2cc(C(F)(F)F)ccc2Cl)cc1OC(F)F. The Hall–Kier alpha value is -2.27. The normalized spacial score (nSPS) is 12.1. The van der Waals surface area contributed by atoms with E-state index in [4.69, 9.17) is 16.3 Å². The number of alkyl halides is 5. The highest BCUT2D eigenvalue weighted by Gasteiger charge is 2.32. The summed E-state index contributed by atoms with van der Waals surface area (Å²) in [5.41, 5.74) is -1.47. The Morgan fingerprint density at radius 1 is 1.07 bits per heavy atom. The lowest BCUT2D eigenvalue weighted by molar-refractivity contribution is -0.137. The Morgan fingerprint density at radius 2 is 1.74 bits per heavy atom. The van der Waals surface area contributed by atoms with Crippen molar-refractivity contribution in [3.8, 4) is 11.5 Å². The average molecular weight is 432 g/mol. The molecular formula is C15H11ClF5NO4S. The number of benzene rings is 2. The summed E-state index contributed by atoms with van der Waals surface area (Å²) in [6.07, 6.45) is -4.78. The maximum Gasteiger partial charge on any atom is 0.416 e. The highest BCUT2D eigenvalue weighted by Crippen LogP contribution is 2.35. The van der Waals surface area contributed by atoms with Crippen LogP contribution in [0, 0.1) is 0 Å². The predicted molar refractivity (Wildman–Crippen MR) is 86.9 cm³/mol. The molecule has 0 bridgehead atoms. The number of halogens is 6. The van der Waals surface area contributed by atoms with E-state index in [0.717, 1.165) is 24.3 Å². The summed E-state index contributed by atoms with van der Waals surface area (Å²) in [6.45, 7) is -3.20. The smallest absolute Gasteiger partial charge is 0.416 e. The van der Waals surface area contributed by atoms with E-state index in [1.54, 1.807) is 0 Å². The van der Waals surface area contributed by atoms with Gasteiger partial charge in [-0.3, -0.25) is 4.72 Å². The summed E-state index contributed by atoms with van der Waals surface area (Å²) in [5.74, 6) is -0.571. The molecule has 2 aromatic rings. The van der Waals surface area contributed by atoms with E-state index in [2.05, 4.69) is 4.74 Å². The van der Waals surface area contributed by atoms with Crippen LogP contribution in [-0.4, -0.2) is 22.1 Å². The van der Waals surface area contributed by atoms with E-state index in [1.165, 1.54) is 7.11 Å². The van der Waals surface area contributed by atoms with Gasteiger partial charge in [0.25, 0.3) is 10.0 Å².